The highest BCUT2D eigenvalue weighted by molar-refractivity contribution is 6.32. The summed E-state index contributed by atoms with van der Waals surface area (Å²) in [5.74, 6) is 0.609. The molecular weight excluding hydrogens is 258 g/mol. The van der Waals surface area contributed by atoms with Crippen LogP contribution in [0.2, 0.25) is 5.02 Å². The summed E-state index contributed by atoms with van der Waals surface area (Å²) in [5, 5.41) is 9.63. The molecule has 100 valence electrons. The lowest BCUT2D eigenvalue weighted by atomic mass is 10.2. The highest BCUT2D eigenvalue weighted by Crippen LogP contribution is 2.28. The molecule has 1 aromatic rings. The van der Waals surface area contributed by atoms with Crippen molar-refractivity contribution in [2.24, 2.45) is 0 Å². The van der Waals surface area contributed by atoms with Gasteiger partial charge in [0.2, 0.25) is 0 Å². The molecule has 2 unspecified atom stereocenters. The fourth-order valence-electron chi connectivity index (χ4n) is 1.87. The topological polar surface area (TPSA) is 67.7 Å². The number of methoxy groups -OCH3 is 1. The van der Waals surface area contributed by atoms with Crippen molar-refractivity contribution < 1.29 is 14.6 Å². The summed E-state index contributed by atoms with van der Waals surface area (Å²) < 4.78 is 10.5. The van der Waals surface area contributed by atoms with Crippen molar-refractivity contribution in [1.29, 1.82) is 0 Å². The van der Waals surface area contributed by atoms with Crippen molar-refractivity contribution in [1.82, 2.24) is 9.97 Å². The number of aromatic nitrogens is 2. The lowest BCUT2D eigenvalue weighted by Crippen LogP contribution is -2.50. The predicted molar refractivity (Wildman–Crippen MR) is 67.2 cm³/mol. The molecule has 1 aliphatic heterocycles. The van der Waals surface area contributed by atoms with Gasteiger partial charge in [0.05, 0.1) is 38.7 Å². The Bertz CT molecular complexity index is 419. The normalized spacial score (nSPS) is 24.1. The minimum absolute atomic E-state index is 0.0247. The smallest absolute Gasteiger partial charge is 0.318 e. The van der Waals surface area contributed by atoms with E-state index in [9.17, 15) is 0 Å². The van der Waals surface area contributed by atoms with E-state index in [-0.39, 0.29) is 24.8 Å². The van der Waals surface area contributed by atoms with Crippen molar-refractivity contribution in [3.63, 3.8) is 0 Å². The van der Waals surface area contributed by atoms with Crippen LogP contribution in [0.4, 0.5) is 5.82 Å². The maximum Gasteiger partial charge on any atom is 0.318 e. The first-order valence-corrected chi connectivity index (χ1v) is 6.09. The molecule has 0 saturated carbocycles. The van der Waals surface area contributed by atoms with E-state index in [1.807, 2.05) is 11.8 Å². The first-order valence-electron chi connectivity index (χ1n) is 5.71. The van der Waals surface area contributed by atoms with Crippen molar-refractivity contribution in [2.45, 2.75) is 19.1 Å². The highest BCUT2D eigenvalue weighted by Gasteiger charge is 2.28. The molecule has 0 radical (unpaired) electrons. The Hall–Kier alpha value is -1.11. The molecule has 1 fully saturated rings. The monoisotopic (exact) mass is 273 g/mol. The molecule has 7 heteroatoms. The van der Waals surface area contributed by atoms with Crippen LogP contribution in [0.15, 0.2) is 6.20 Å². The van der Waals surface area contributed by atoms with Gasteiger partial charge in [0.15, 0.2) is 5.82 Å². The molecule has 2 heterocycles. The van der Waals surface area contributed by atoms with Gasteiger partial charge in [0, 0.05) is 6.54 Å². The third kappa shape index (κ3) is 2.66. The van der Waals surface area contributed by atoms with Crippen LogP contribution >= 0.6 is 11.6 Å². The van der Waals surface area contributed by atoms with Gasteiger partial charge in [-0.15, -0.1) is 0 Å². The summed E-state index contributed by atoms with van der Waals surface area (Å²) >= 11 is 6.12. The Balaban J connectivity index is 2.27. The van der Waals surface area contributed by atoms with Crippen LogP contribution in [0.3, 0.4) is 0 Å². The summed E-state index contributed by atoms with van der Waals surface area (Å²) in [7, 11) is 1.51. The van der Waals surface area contributed by atoms with Crippen LogP contribution in [-0.2, 0) is 4.74 Å². The van der Waals surface area contributed by atoms with Crippen molar-refractivity contribution >= 4 is 17.4 Å². The molecule has 1 saturated heterocycles. The minimum Gasteiger partial charge on any atom is -0.467 e. The third-order valence-electron chi connectivity index (χ3n) is 2.87. The highest BCUT2D eigenvalue weighted by atomic mass is 35.5. The van der Waals surface area contributed by atoms with Gasteiger partial charge >= 0.3 is 6.01 Å². The van der Waals surface area contributed by atoms with E-state index in [0.29, 0.717) is 24.0 Å². The zero-order valence-electron chi connectivity index (χ0n) is 10.3. The largest absolute Gasteiger partial charge is 0.467 e. The van der Waals surface area contributed by atoms with Crippen molar-refractivity contribution in [3.8, 4) is 6.01 Å². The zero-order chi connectivity index (χ0) is 13.1. The number of ether oxygens (including phenoxy) is 2. The van der Waals surface area contributed by atoms with E-state index in [0.717, 1.165) is 0 Å². The molecule has 1 aromatic heterocycles. The Morgan fingerprint density at radius 3 is 3.11 bits per heavy atom. The molecule has 0 amide bonds. The van der Waals surface area contributed by atoms with Gasteiger partial charge < -0.3 is 19.5 Å². The standard InChI is InChI=1S/C11H16ClN3O3/c1-7-6-18-8(5-16)4-15(7)10-9(12)3-13-11(14-10)17-2/h3,7-8,16H,4-6H2,1-2H3. The van der Waals surface area contributed by atoms with Gasteiger partial charge in [-0.3, -0.25) is 0 Å². The number of nitrogens with zero attached hydrogens (tertiary/aromatic N) is 3. The Kier molecular flexibility index (Phi) is 4.21. The van der Waals surface area contributed by atoms with Gasteiger partial charge in [-0.25, -0.2) is 4.98 Å². The predicted octanol–water partition coefficient (Wildman–Crippen LogP) is 0.725. The Morgan fingerprint density at radius 1 is 1.67 bits per heavy atom. The fraction of sp³-hybridized carbons (Fsp3) is 0.636. The van der Waals surface area contributed by atoms with Crippen LogP contribution in [0.1, 0.15) is 6.92 Å². The summed E-state index contributed by atoms with van der Waals surface area (Å²) in [6, 6.07) is 0.401. The molecule has 1 N–H and O–H groups in total. The lowest BCUT2D eigenvalue weighted by molar-refractivity contribution is -0.0106. The van der Waals surface area contributed by atoms with Gasteiger partial charge in [-0.2, -0.15) is 4.98 Å². The molecule has 0 bridgehead atoms. The third-order valence-corrected chi connectivity index (χ3v) is 3.13. The number of hydrogen-bond acceptors (Lipinski definition) is 6. The van der Waals surface area contributed by atoms with Crippen molar-refractivity contribution in [2.75, 3.05) is 31.8 Å². The van der Waals surface area contributed by atoms with Crippen LogP contribution in [0.25, 0.3) is 0 Å². The van der Waals surface area contributed by atoms with Gasteiger partial charge in [-0.05, 0) is 6.92 Å². The summed E-state index contributed by atoms with van der Waals surface area (Å²) in [5.41, 5.74) is 0. The molecule has 0 spiro atoms. The average molecular weight is 274 g/mol. The number of halogens is 1. The molecule has 0 aliphatic carbocycles. The van der Waals surface area contributed by atoms with Crippen molar-refractivity contribution in [3.05, 3.63) is 11.2 Å². The zero-order valence-corrected chi connectivity index (χ0v) is 11.1. The van der Waals surface area contributed by atoms with E-state index < -0.39 is 0 Å². The van der Waals surface area contributed by atoms with Gasteiger partial charge in [0.25, 0.3) is 0 Å². The lowest BCUT2D eigenvalue weighted by Gasteiger charge is -2.38. The first kappa shape index (κ1) is 13.3. The number of aliphatic hydroxyl groups excluding tert-OH is 1. The summed E-state index contributed by atoms with van der Waals surface area (Å²) in [6.07, 6.45) is 1.29. The van der Waals surface area contributed by atoms with E-state index in [2.05, 4.69) is 9.97 Å². The number of anilines is 1. The number of morpholine rings is 1. The second-order valence-corrected chi connectivity index (χ2v) is 4.57. The van der Waals surface area contributed by atoms with Crippen LogP contribution in [0, 0.1) is 0 Å². The molecule has 0 aromatic carbocycles. The van der Waals surface area contributed by atoms with Crippen LogP contribution < -0.4 is 9.64 Å². The average Bonchev–Trinajstić information content (AvgIpc) is 2.40. The van der Waals surface area contributed by atoms with Gasteiger partial charge in [0.1, 0.15) is 5.02 Å². The maximum atomic E-state index is 9.17. The quantitative estimate of drug-likeness (QED) is 0.875. The molecular formula is C11H16ClN3O3. The van der Waals surface area contributed by atoms with E-state index in [1.54, 1.807) is 0 Å². The second-order valence-electron chi connectivity index (χ2n) is 4.17. The van der Waals surface area contributed by atoms with Crippen LogP contribution in [0.5, 0.6) is 6.01 Å². The van der Waals surface area contributed by atoms with E-state index >= 15 is 0 Å². The Labute approximate surface area is 111 Å². The minimum atomic E-state index is -0.224. The SMILES string of the molecule is COc1ncc(Cl)c(N2CC(CO)OCC2C)n1. The van der Waals surface area contributed by atoms with E-state index in [4.69, 9.17) is 26.2 Å². The molecule has 1 aliphatic rings. The Morgan fingerprint density at radius 2 is 2.44 bits per heavy atom. The molecule has 18 heavy (non-hydrogen) atoms. The second kappa shape index (κ2) is 5.69. The maximum absolute atomic E-state index is 9.17. The molecule has 2 atom stereocenters. The number of hydrogen-bond donors (Lipinski definition) is 1. The first-order chi connectivity index (χ1) is 8.65. The summed E-state index contributed by atoms with van der Waals surface area (Å²) in [6.45, 7) is 3.05. The van der Waals surface area contributed by atoms with E-state index in [1.165, 1.54) is 13.3 Å². The van der Waals surface area contributed by atoms with Crippen LogP contribution in [-0.4, -0.2) is 54.1 Å². The summed E-state index contributed by atoms with van der Waals surface area (Å²) in [4.78, 5) is 10.2. The fourth-order valence-corrected chi connectivity index (χ4v) is 2.06. The van der Waals surface area contributed by atoms with Gasteiger partial charge in [-0.1, -0.05) is 11.6 Å². The number of aliphatic hydroxyl groups is 1. The number of rotatable bonds is 3. The molecule has 2 rings (SSSR count). The molecule has 6 nitrogen and oxygen atoms in total.